The molecular weight excluding hydrogens is 646 g/mol. The summed E-state index contributed by atoms with van der Waals surface area (Å²) in [5, 5.41) is 5.27. The number of carbonyl (C=O) groups is 4. The number of esters is 2. The monoisotopic (exact) mass is 687 g/mol. The fourth-order valence-electron chi connectivity index (χ4n) is 4.20. The summed E-state index contributed by atoms with van der Waals surface area (Å²) in [6, 6.07) is 12.8. The van der Waals surface area contributed by atoms with E-state index >= 15 is 0 Å². The van der Waals surface area contributed by atoms with E-state index in [0.29, 0.717) is 27.1 Å². The highest BCUT2D eigenvalue weighted by atomic mass is 79.9. The molecule has 0 fully saturated rings. The molecule has 1 heterocycles. The molecule has 45 heavy (non-hydrogen) atoms. The molecule has 0 aliphatic carbocycles. The first kappa shape index (κ1) is 35.5. The molecule has 0 aliphatic rings. The number of imide groups is 1. The summed E-state index contributed by atoms with van der Waals surface area (Å²) in [6.45, 7) is 14.7. The lowest BCUT2D eigenvalue weighted by Crippen LogP contribution is -2.54. The van der Waals surface area contributed by atoms with Crippen LogP contribution in [0.4, 0.5) is 9.59 Å². The van der Waals surface area contributed by atoms with E-state index in [1.165, 1.54) is 4.68 Å². The zero-order chi connectivity index (χ0) is 33.7. The molecule has 11 nitrogen and oxygen atoms in total. The van der Waals surface area contributed by atoms with Crippen molar-refractivity contribution in [3.63, 3.8) is 0 Å². The average Bonchev–Trinajstić information content (AvgIpc) is 3.19. The third-order valence-corrected chi connectivity index (χ3v) is 6.35. The number of aromatic nitrogens is 2. The first-order chi connectivity index (χ1) is 20.7. The van der Waals surface area contributed by atoms with Gasteiger partial charge in [0.05, 0.1) is 24.2 Å². The van der Waals surface area contributed by atoms with Crippen LogP contribution in [0.15, 0.2) is 53.0 Å². The van der Waals surface area contributed by atoms with Crippen LogP contribution >= 0.6 is 15.9 Å². The average molecular weight is 689 g/mol. The molecule has 1 aromatic heterocycles. The minimum absolute atomic E-state index is 0.108. The standard InChI is InChI=1S/C33H42BrN3O8/c1-31(2,3)43-27(38)18-24-23-17-22(34)15-16-25(23)36(35-24)19-26(28(39)42-20-21-13-11-10-12-14-21)37(29(40)44-32(4,5)6)30(41)45-33(7,8)9/h10-17,26H,18-20H2,1-9H3. The van der Waals surface area contributed by atoms with Crippen molar-refractivity contribution in [1.82, 2.24) is 14.7 Å². The van der Waals surface area contributed by atoms with Crippen LogP contribution in [0.1, 0.15) is 73.6 Å². The third-order valence-electron chi connectivity index (χ3n) is 5.85. The topological polar surface area (TPSA) is 126 Å². The van der Waals surface area contributed by atoms with Crippen molar-refractivity contribution >= 4 is 51.0 Å². The Bertz CT molecular complexity index is 1500. The second kappa shape index (κ2) is 14.0. The van der Waals surface area contributed by atoms with Gasteiger partial charge < -0.3 is 18.9 Å². The number of halogens is 1. The van der Waals surface area contributed by atoms with Gasteiger partial charge in [-0.1, -0.05) is 46.3 Å². The molecule has 3 rings (SSSR count). The smallest absolute Gasteiger partial charge is 0.420 e. The van der Waals surface area contributed by atoms with Crippen molar-refractivity contribution in [3.8, 4) is 0 Å². The Morgan fingerprint density at radius 3 is 1.91 bits per heavy atom. The molecule has 0 saturated carbocycles. The van der Waals surface area contributed by atoms with Gasteiger partial charge in [0.1, 0.15) is 23.4 Å². The summed E-state index contributed by atoms with van der Waals surface area (Å²) < 4.78 is 24.5. The van der Waals surface area contributed by atoms with Gasteiger partial charge in [0.15, 0.2) is 6.04 Å². The summed E-state index contributed by atoms with van der Waals surface area (Å²) in [5.74, 6) is -1.37. The molecule has 3 aromatic rings. The highest BCUT2D eigenvalue weighted by Gasteiger charge is 2.42. The van der Waals surface area contributed by atoms with E-state index in [1.54, 1.807) is 105 Å². The molecule has 0 bridgehead atoms. The SMILES string of the molecule is CC(C)(C)OC(=O)Cc1nn(CC(C(=O)OCc2ccccc2)N(C(=O)OC(C)(C)C)C(=O)OC(C)(C)C)c2ccc(Br)cc12. The van der Waals surface area contributed by atoms with Gasteiger partial charge in [0.2, 0.25) is 0 Å². The number of amides is 2. The summed E-state index contributed by atoms with van der Waals surface area (Å²) in [6.07, 6.45) is -2.33. The zero-order valence-electron chi connectivity index (χ0n) is 27.3. The minimum atomic E-state index is -1.56. The highest BCUT2D eigenvalue weighted by molar-refractivity contribution is 9.10. The Balaban J connectivity index is 2.11. The van der Waals surface area contributed by atoms with Crippen molar-refractivity contribution < 1.29 is 38.1 Å². The molecular formula is C33H42BrN3O8. The Morgan fingerprint density at radius 1 is 0.822 bits per heavy atom. The fourth-order valence-corrected chi connectivity index (χ4v) is 4.56. The second-order valence-corrected chi connectivity index (χ2v) is 14.4. The maximum absolute atomic E-state index is 13.8. The van der Waals surface area contributed by atoms with E-state index in [4.69, 9.17) is 18.9 Å². The second-order valence-electron chi connectivity index (χ2n) is 13.5. The summed E-state index contributed by atoms with van der Waals surface area (Å²) >= 11 is 3.47. The molecule has 0 radical (unpaired) electrons. The zero-order valence-corrected chi connectivity index (χ0v) is 28.9. The molecule has 12 heteroatoms. The van der Waals surface area contributed by atoms with E-state index in [0.717, 1.165) is 4.47 Å². The van der Waals surface area contributed by atoms with Gasteiger partial charge in [0.25, 0.3) is 0 Å². The van der Waals surface area contributed by atoms with Gasteiger partial charge in [-0.25, -0.2) is 14.4 Å². The van der Waals surface area contributed by atoms with E-state index in [2.05, 4.69) is 21.0 Å². The van der Waals surface area contributed by atoms with E-state index in [9.17, 15) is 19.2 Å². The Labute approximate surface area is 272 Å². The number of hydrogen-bond donors (Lipinski definition) is 0. The van der Waals surface area contributed by atoms with E-state index in [-0.39, 0.29) is 19.6 Å². The van der Waals surface area contributed by atoms with Crippen LogP contribution in [0.5, 0.6) is 0 Å². The third kappa shape index (κ3) is 10.9. The first-order valence-electron chi connectivity index (χ1n) is 14.5. The number of rotatable bonds is 8. The maximum atomic E-state index is 13.8. The van der Waals surface area contributed by atoms with Gasteiger partial charge >= 0.3 is 24.1 Å². The number of fused-ring (bicyclic) bond motifs is 1. The molecule has 2 aromatic carbocycles. The highest BCUT2D eigenvalue weighted by Crippen LogP contribution is 2.26. The normalized spacial score (nSPS) is 12.8. The van der Waals surface area contributed by atoms with Crippen LogP contribution in [0.25, 0.3) is 10.9 Å². The van der Waals surface area contributed by atoms with Crippen LogP contribution in [0.3, 0.4) is 0 Å². The first-order valence-corrected chi connectivity index (χ1v) is 15.3. The number of nitrogens with zero attached hydrogens (tertiary/aromatic N) is 3. The Hall–Kier alpha value is -3.93. The largest absolute Gasteiger partial charge is 0.460 e. The fraction of sp³-hybridized carbons (Fsp3) is 0.485. The summed E-state index contributed by atoms with van der Waals surface area (Å²) in [7, 11) is 0. The van der Waals surface area contributed by atoms with Crippen LogP contribution in [-0.4, -0.2) is 61.7 Å². The summed E-state index contributed by atoms with van der Waals surface area (Å²) in [5.41, 5.74) is -1.06. The molecule has 0 aliphatic heterocycles. The molecule has 1 atom stereocenters. The van der Waals surface area contributed by atoms with Gasteiger partial charge in [-0.2, -0.15) is 10.00 Å². The molecule has 0 saturated heterocycles. The van der Waals surface area contributed by atoms with Crippen molar-refractivity contribution in [2.75, 3.05) is 0 Å². The van der Waals surface area contributed by atoms with Crippen LogP contribution in [-0.2, 0) is 48.1 Å². The predicted octanol–water partition coefficient (Wildman–Crippen LogP) is 6.97. The Kier molecular flexibility index (Phi) is 11.1. The number of benzene rings is 2. The molecule has 244 valence electrons. The lowest BCUT2D eigenvalue weighted by molar-refractivity contribution is -0.154. The lowest BCUT2D eigenvalue weighted by Gasteiger charge is -2.32. The van der Waals surface area contributed by atoms with Crippen molar-refractivity contribution in [1.29, 1.82) is 0 Å². The minimum Gasteiger partial charge on any atom is -0.460 e. The maximum Gasteiger partial charge on any atom is 0.420 e. The van der Waals surface area contributed by atoms with Crippen LogP contribution in [0.2, 0.25) is 0 Å². The number of ether oxygens (including phenoxy) is 4. The van der Waals surface area contributed by atoms with Crippen molar-refractivity contribution in [2.45, 2.75) is 105 Å². The van der Waals surface area contributed by atoms with Crippen LogP contribution < -0.4 is 0 Å². The molecule has 0 spiro atoms. The van der Waals surface area contributed by atoms with E-state index < -0.39 is 47.0 Å². The lowest BCUT2D eigenvalue weighted by atomic mass is 10.1. The van der Waals surface area contributed by atoms with Crippen molar-refractivity contribution in [3.05, 3.63) is 64.3 Å². The van der Waals surface area contributed by atoms with Crippen LogP contribution in [0, 0.1) is 0 Å². The van der Waals surface area contributed by atoms with Gasteiger partial charge in [-0.15, -0.1) is 0 Å². The van der Waals surface area contributed by atoms with E-state index in [1.807, 2.05) is 6.07 Å². The van der Waals surface area contributed by atoms with Gasteiger partial charge in [-0.3, -0.25) is 9.48 Å². The molecule has 1 unspecified atom stereocenters. The predicted molar refractivity (Wildman–Crippen MR) is 171 cm³/mol. The number of carbonyl (C=O) groups excluding carboxylic acids is 4. The van der Waals surface area contributed by atoms with Crippen molar-refractivity contribution in [2.24, 2.45) is 0 Å². The quantitative estimate of drug-likeness (QED) is 0.182. The molecule has 0 N–H and O–H groups in total. The van der Waals surface area contributed by atoms with Gasteiger partial charge in [0, 0.05) is 9.86 Å². The summed E-state index contributed by atoms with van der Waals surface area (Å²) in [4.78, 5) is 54.4. The molecule has 2 amide bonds. The van der Waals surface area contributed by atoms with Gasteiger partial charge in [-0.05, 0) is 86.1 Å². The number of hydrogen-bond acceptors (Lipinski definition) is 9. The Morgan fingerprint density at radius 2 is 1.38 bits per heavy atom.